The summed E-state index contributed by atoms with van der Waals surface area (Å²) in [6.45, 7) is 3.51. The van der Waals surface area contributed by atoms with Crippen molar-refractivity contribution >= 4 is 22.5 Å². The van der Waals surface area contributed by atoms with Gasteiger partial charge >= 0.3 is 0 Å². The Hall–Kier alpha value is -1.43. The molecule has 6 heteroatoms. The lowest BCUT2D eigenvalue weighted by atomic mass is 10.2. The van der Waals surface area contributed by atoms with Crippen molar-refractivity contribution in [2.45, 2.75) is 13.0 Å². The van der Waals surface area contributed by atoms with E-state index in [1.165, 1.54) is 0 Å². The van der Waals surface area contributed by atoms with E-state index >= 15 is 0 Å². The highest BCUT2D eigenvalue weighted by atomic mass is 35.5. The fraction of sp³-hybridized carbons (Fsp3) is 0.429. The summed E-state index contributed by atoms with van der Waals surface area (Å²) in [5.74, 6) is 0.737. The van der Waals surface area contributed by atoms with Crippen molar-refractivity contribution in [2.24, 2.45) is 7.05 Å². The summed E-state index contributed by atoms with van der Waals surface area (Å²) in [4.78, 5) is 16.9. The molecule has 1 atom stereocenters. The molecule has 0 saturated heterocycles. The molecular weight excluding hydrogens is 278 g/mol. The van der Waals surface area contributed by atoms with Gasteiger partial charge in [-0.1, -0.05) is 11.6 Å². The minimum absolute atomic E-state index is 0.0475. The van der Waals surface area contributed by atoms with Crippen molar-refractivity contribution in [3.05, 3.63) is 39.4 Å². The zero-order valence-electron chi connectivity index (χ0n) is 11.9. The van der Waals surface area contributed by atoms with Gasteiger partial charge in [0, 0.05) is 19.2 Å². The molecule has 5 nitrogen and oxygen atoms in total. The molecular formula is C14H19ClN3O2+. The summed E-state index contributed by atoms with van der Waals surface area (Å²) in [6, 6.07) is 5.23. The Morgan fingerprint density at radius 2 is 2.25 bits per heavy atom. The first kappa shape index (κ1) is 15.0. The molecule has 0 saturated carbocycles. The van der Waals surface area contributed by atoms with E-state index in [1.807, 2.05) is 6.92 Å². The van der Waals surface area contributed by atoms with E-state index in [-0.39, 0.29) is 11.6 Å². The van der Waals surface area contributed by atoms with Crippen molar-refractivity contribution < 1.29 is 10.1 Å². The van der Waals surface area contributed by atoms with Gasteiger partial charge in [0.05, 0.1) is 24.1 Å². The lowest BCUT2D eigenvalue weighted by Gasteiger charge is -2.14. The highest BCUT2D eigenvalue weighted by Gasteiger charge is 2.16. The quantitative estimate of drug-likeness (QED) is 0.833. The van der Waals surface area contributed by atoms with Crippen LogP contribution in [0.4, 0.5) is 0 Å². The summed E-state index contributed by atoms with van der Waals surface area (Å²) >= 11 is 5.97. The maximum absolute atomic E-state index is 12.3. The number of halogens is 1. The molecule has 0 unspecified atom stereocenters. The molecule has 108 valence electrons. The number of nitrogens with zero attached hydrogens (tertiary/aromatic N) is 2. The highest BCUT2D eigenvalue weighted by molar-refractivity contribution is 6.31. The summed E-state index contributed by atoms with van der Waals surface area (Å²) in [6.07, 6.45) is 0. The number of quaternary nitrogens is 1. The van der Waals surface area contributed by atoms with Crippen molar-refractivity contribution in [1.29, 1.82) is 0 Å². The van der Waals surface area contributed by atoms with Gasteiger partial charge in [0.2, 0.25) is 0 Å². The highest BCUT2D eigenvalue weighted by Crippen LogP contribution is 2.16. The monoisotopic (exact) mass is 296 g/mol. The lowest BCUT2D eigenvalue weighted by Crippen LogP contribution is -2.86. The van der Waals surface area contributed by atoms with E-state index in [0.717, 1.165) is 12.4 Å². The van der Waals surface area contributed by atoms with Crippen LogP contribution in [0, 0.1) is 0 Å². The topological polar surface area (TPSA) is 60.7 Å². The van der Waals surface area contributed by atoms with Crippen molar-refractivity contribution in [1.82, 2.24) is 9.55 Å². The Labute approximate surface area is 122 Å². The number of ether oxygens (including phenoxy) is 1. The van der Waals surface area contributed by atoms with Crippen LogP contribution in [0.3, 0.4) is 0 Å². The van der Waals surface area contributed by atoms with Crippen LogP contribution < -0.4 is 10.9 Å². The number of benzene rings is 1. The average Bonchev–Trinajstić information content (AvgIpc) is 2.42. The van der Waals surface area contributed by atoms with E-state index in [9.17, 15) is 4.79 Å². The second-order valence-electron chi connectivity index (χ2n) is 4.80. The largest absolute Gasteiger partial charge is 0.379 e. The predicted octanol–water partition coefficient (Wildman–Crippen LogP) is 0.858. The summed E-state index contributed by atoms with van der Waals surface area (Å²) < 4.78 is 6.63. The first-order valence-corrected chi connectivity index (χ1v) is 6.91. The van der Waals surface area contributed by atoms with E-state index in [0.29, 0.717) is 22.5 Å². The zero-order valence-corrected chi connectivity index (χ0v) is 12.6. The number of methoxy groups -OCH3 is 1. The number of aromatic nitrogens is 2. The smallest absolute Gasteiger partial charge is 0.261 e. The molecule has 1 aromatic heterocycles. The molecule has 0 aliphatic rings. The van der Waals surface area contributed by atoms with Crippen LogP contribution in [0.25, 0.3) is 10.9 Å². The van der Waals surface area contributed by atoms with Gasteiger partial charge in [-0.25, -0.2) is 4.98 Å². The molecule has 2 N–H and O–H groups in total. The maximum Gasteiger partial charge on any atom is 0.261 e. The van der Waals surface area contributed by atoms with E-state index in [1.54, 1.807) is 36.9 Å². The number of hydrogen-bond donors (Lipinski definition) is 1. The van der Waals surface area contributed by atoms with Crippen LogP contribution in [0.2, 0.25) is 5.02 Å². The van der Waals surface area contributed by atoms with Crippen molar-refractivity contribution in [3.63, 3.8) is 0 Å². The van der Waals surface area contributed by atoms with Crippen molar-refractivity contribution in [2.75, 3.05) is 20.3 Å². The van der Waals surface area contributed by atoms with Gasteiger partial charge in [-0.3, -0.25) is 9.36 Å². The molecule has 0 spiro atoms. The molecule has 2 rings (SSSR count). The maximum atomic E-state index is 12.3. The number of fused-ring (bicyclic) bond motifs is 1. The normalized spacial score (nSPS) is 12.8. The fourth-order valence-electron chi connectivity index (χ4n) is 2.21. The zero-order chi connectivity index (χ0) is 14.7. The Morgan fingerprint density at radius 3 is 2.95 bits per heavy atom. The van der Waals surface area contributed by atoms with Crippen LogP contribution >= 0.6 is 11.6 Å². The molecule has 0 fully saturated rings. The molecule has 0 aliphatic carbocycles. The van der Waals surface area contributed by atoms with Gasteiger partial charge in [0.1, 0.15) is 6.04 Å². The van der Waals surface area contributed by atoms with E-state index in [2.05, 4.69) is 10.3 Å². The SMILES string of the molecule is COCC[NH2+][C@H](C)c1nc2cc(Cl)ccc2c(=O)n1C. The first-order chi connectivity index (χ1) is 9.54. The molecule has 0 amide bonds. The third-order valence-corrected chi connectivity index (χ3v) is 3.56. The number of nitrogens with two attached hydrogens (primary N) is 1. The number of rotatable bonds is 5. The molecule has 2 aromatic rings. The third-order valence-electron chi connectivity index (χ3n) is 3.32. The Morgan fingerprint density at radius 1 is 1.50 bits per heavy atom. The van der Waals surface area contributed by atoms with Gasteiger partial charge in [-0.2, -0.15) is 0 Å². The van der Waals surface area contributed by atoms with E-state index in [4.69, 9.17) is 16.3 Å². The molecule has 0 bridgehead atoms. The lowest BCUT2D eigenvalue weighted by molar-refractivity contribution is -0.695. The Bertz CT molecular complexity index is 669. The average molecular weight is 297 g/mol. The molecule has 0 radical (unpaired) electrons. The number of hydrogen-bond acceptors (Lipinski definition) is 3. The van der Waals surface area contributed by atoms with Crippen molar-refractivity contribution in [3.8, 4) is 0 Å². The Balaban J connectivity index is 2.43. The third kappa shape index (κ3) is 3.00. The van der Waals surface area contributed by atoms with Gasteiger partial charge in [-0.15, -0.1) is 0 Å². The summed E-state index contributed by atoms with van der Waals surface area (Å²) in [5.41, 5.74) is 0.594. The fourth-order valence-corrected chi connectivity index (χ4v) is 2.38. The summed E-state index contributed by atoms with van der Waals surface area (Å²) in [7, 11) is 3.42. The van der Waals surface area contributed by atoms with Crippen LogP contribution in [-0.2, 0) is 11.8 Å². The van der Waals surface area contributed by atoms with Crippen LogP contribution in [0.15, 0.2) is 23.0 Å². The molecule has 20 heavy (non-hydrogen) atoms. The molecule has 1 aromatic carbocycles. The van der Waals surface area contributed by atoms with Crippen LogP contribution in [0.5, 0.6) is 0 Å². The van der Waals surface area contributed by atoms with Gasteiger partial charge in [-0.05, 0) is 25.1 Å². The minimum Gasteiger partial charge on any atom is -0.379 e. The standard InChI is InChI=1S/C14H18ClN3O2/c1-9(16-6-7-20-3)13-17-12-8-10(15)4-5-11(12)14(19)18(13)2/h4-5,8-9,16H,6-7H2,1-3H3/p+1/t9-/m1/s1. The minimum atomic E-state index is -0.0475. The van der Waals surface area contributed by atoms with Gasteiger partial charge < -0.3 is 10.1 Å². The van der Waals surface area contributed by atoms with E-state index < -0.39 is 0 Å². The second kappa shape index (κ2) is 6.35. The first-order valence-electron chi connectivity index (χ1n) is 6.53. The van der Waals surface area contributed by atoms with Crippen LogP contribution in [0.1, 0.15) is 18.8 Å². The van der Waals surface area contributed by atoms with Crippen LogP contribution in [-0.4, -0.2) is 29.8 Å². The second-order valence-corrected chi connectivity index (χ2v) is 5.24. The Kier molecular flexibility index (Phi) is 4.75. The predicted molar refractivity (Wildman–Crippen MR) is 79.1 cm³/mol. The molecule has 0 aliphatic heterocycles. The van der Waals surface area contributed by atoms with Gasteiger partial charge in [0.25, 0.3) is 5.56 Å². The summed E-state index contributed by atoms with van der Waals surface area (Å²) in [5, 5.41) is 3.27. The molecule has 1 heterocycles. The van der Waals surface area contributed by atoms with Gasteiger partial charge in [0.15, 0.2) is 5.82 Å².